The second-order valence-electron chi connectivity index (χ2n) is 4.74. The molecule has 0 aromatic heterocycles. The smallest absolute Gasteiger partial charge is 0.307 e. The lowest BCUT2D eigenvalue weighted by Crippen LogP contribution is -2.28. The fraction of sp³-hybridized carbons (Fsp3) is 0.429. The number of carbonyl (C=O) groups is 2. The highest BCUT2D eigenvalue weighted by molar-refractivity contribution is 6.42. The third-order valence-electron chi connectivity index (χ3n) is 3.36. The van der Waals surface area contributed by atoms with Gasteiger partial charge in [0.25, 0.3) is 0 Å². The predicted octanol–water partition coefficient (Wildman–Crippen LogP) is 2.78. The van der Waals surface area contributed by atoms with Crippen LogP contribution in [0.5, 0.6) is 0 Å². The van der Waals surface area contributed by atoms with Crippen molar-refractivity contribution >= 4 is 35.1 Å². The molecule has 1 aromatic carbocycles. The number of ether oxygens (including phenoxy) is 1. The number of nitrogens with one attached hydrogen (secondary N) is 1. The number of amides is 1. The van der Waals surface area contributed by atoms with Crippen LogP contribution in [0.15, 0.2) is 18.2 Å². The molecule has 4 nitrogen and oxygen atoms in total. The summed E-state index contributed by atoms with van der Waals surface area (Å²) in [6.45, 7) is 0.302. The van der Waals surface area contributed by atoms with E-state index in [1.165, 1.54) is 7.11 Å². The summed E-state index contributed by atoms with van der Waals surface area (Å²) in [5, 5.41) is 3.75. The van der Waals surface area contributed by atoms with Crippen LogP contribution in [0, 0.1) is 5.92 Å². The van der Waals surface area contributed by atoms with Crippen LogP contribution in [0.2, 0.25) is 10.0 Å². The molecule has 1 N–H and O–H groups in total. The van der Waals surface area contributed by atoms with E-state index >= 15 is 0 Å². The Morgan fingerprint density at radius 3 is 2.75 bits per heavy atom. The summed E-state index contributed by atoms with van der Waals surface area (Å²) in [5.41, 5.74) is 1.02. The summed E-state index contributed by atoms with van der Waals surface area (Å²) < 4.78 is 4.51. The van der Waals surface area contributed by atoms with Crippen LogP contribution >= 0.6 is 23.2 Å². The fourth-order valence-corrected chi connectivity index (χ4v) is 2.42. The van der Waals surface area contributed by atoms with Gasteiger partial charge in [0.15, 0.2) is 0 Å². The first-order valence-electron chi connectivity index (χ1n) is 6.32. The van der Waals surface area contributed by atoms with Gasteiger partial charge in [-0.3, -0.25) is 9.59 Å². The van der Waals surface area contributed by atoms with Crippen molar-refractivity contribution in [2.24, 2.45) is 5.92 Å². The zero-order valence-electron chi connectivity index (χ0n) is 11.0. The molecular weight excluding hydrogens is 301 g/mol. The third kappa shape index (κ3) is 3.64. The van der Waals surface area contributed by atoms with Crippen molar-refractivity contribution in [3.8, 4) is 0 Å². The molecule has 6 heteroatoms. The summed E-state index contributed by atoms with van der Waals surface area (Å²) in [6, 6.07) is 5.43. The molecule has 1 fully saturated rings. The summed E-state index contributed by atoms with van der Waals surface area (Å²) in [4.78, 5) is 22.8. The first kappa shape index (κ1) is 15.1. The van der Waals surface area contributed by atoms with Crippen LogP contribution in [0.3, 0.4) is 0 Å². The molecule has 1 amide bonds. The van der Waals surface area contributed by atoms with E-state index in [4.69, 9.17) is 23.2 Å². The standard InChI is InChI=1S/C14H15Cl2NO3/c1-20-13(18)4-5-17-14(19)10-7-9(10)8-2-3-11(15)12(16)6-8/h2-3,6,9-10H,4-5,7H2,1H3,(H,17,19). The van der Waals surface area contributed by atoms with E-state index in [-0.39, 0.29) is 30.1 Å². The van der Waals surface area contributed by atoms with Gasteiger partial charge in [0.2, 0.25) is 5.91 Å². The van der Waals surface area contributed by atoms with Crippen LogP contribution in [-0.4, -0.2) is 25.5 Å². The maximum absolute atomic E-state index is 11.9. The van der Waals surface area contributed by atoms with Crippen molar-refractivity contribution in [2.45, 2.75) is 18.8 Å². The Hall–Kier alpha value is -1.26. The third-order valence-corrected chi connectivity index (χ3v) is 4.09. The Balaban J connectivity index is 1.83. The lowest BCUT2D eigenvalue weighted by molar-refractivity contribution is -0.140. The molecule has 108 valence electrons. The number of benzene rings is 1. The van der Waals surface area contributed by atoms with Crippen molar-refractivity contribution in [3.63, 3.8) is 0 Å². The van der Waals surface area contributed by atoms with Crippen molar-refractivity contribution in [3.05, 3.63) is 33.8 Å². The summed E-state index contributed by atoms with van der Waals surface area (Å²) in [6.07, 6.45) is 0.981. The molecule has 1 aliphatic carbocycles. The second-order valence-corrected chi connectivity index (χ2v) is 5.55. The normalized spacial score (nSPS) is 20.4. The maximum Gasteiger partial charge on any atom is 0.307 e. The number of esters is 1. The number of halogens is 2. The van der Waals surface area contributed by atoms with Gasteiger partial charge in [-0.25, -0.2) is 0 Å². The van der Waals surface area contributed by atoms with Gasteiger partial charge in [0, 0.05) is 12.5 Å². The van der Waals surface area contributed by atoms with Crippen molar-refractivity contribution in [2.75, 3.05) is 13.7 Å². The van der Waals surface area contributed by atoms with Crippen LogP contribution in [0.1, 0.15) is 24.3 Å². The molecular formula is C14H15Cl2NO3. The van der Waals surface area contributed by atoms with Gasteiger partial charge < -0.3 is 10.1 Å². The first-order chi connectivity index (χ1) is 9.52. The summed E-state index contributed by atoms with van der Waals surface area (Å²) >= 11 is 11.8. The van der Waals surface area contributed by atoms with E-state index in [2.05, 4.69) is 10.1 Å². The van der Waals surface area contributed by atoms with Crippen molar-refractivity contribution in [1.82, 2.24) is 5.32 Å². The molecule has 0 heterocycles. The van der Waals surface area contributed by atoms with Gasteiger partial charge in [-0.15, -0.1) is 0 Å². The minimum absolute atomic E-state index is 0.0371. The van der Waals surface area contributed by atoms with Gasteiger partial charge >= 0.3 is 5.97 Å². The Morgan fingerprint density at radius 1 is 1.35 bits per heavy atom. The molecule has 0 spiro atoms. The van der Waals surface area contributed by atoms with Gasteiger partial charge in [0.1, 0.15) is 0 Å². The van der Waals surface area contributed by atoms with Crippen molar-refractivity contribution in [1.29, 1.82) is 0 Å². The van der Waals surface area contributed by atoms with Crippen molar-refractivity contribution < 1.29 is 14.3 Å². The molecule has 1 aromatic rings. The zero-order chi connectivity index (χ0) is 14.7. The number of methoxy groups -OCH3 is 1. The Morgan fingerprint density at radius 2 is 2.10 bits per heavy atom. The average molecular weight is 316 g/mol. The van der Waals surface area contributed by atoms with E-state index < -0.39 is 0 Å². The van der Waals surface area contributed by atoms with E-state index in [1.807, 2.05) is 6.07 Å². The van der Waals surface area contributed by atoms with Gasteiger partial charge in [-0.2, -0.15) is 0 Å². The number of hydrogen-bond donors (Lipinski definition) is 1. The quantitative estimate of drug-likeness (QED) is 0.850. The highest BCUT2D eigenvalue weighted by Gasteiger charge is 2.43. The Kier molecular flexibility index (Phi) is 4.89. The second kappa shape index (κ2) is 6.46. The molecule has 2 atom stereocenters. The van der Waals surface area contributed by atoms with Gasteiger partial charge in [0.05, 0.1) is 23.6 Å². The molecule has 2 rings (SSSR count). The van der Waals surface area contributed by atoms with E-state index in [0.717, 1.165) is 12.0 Å². The zero-order valence-corrected chi connectivity index (χ0v) is 12.5. The van der Waals surface area contributed by atoms with Gasteiger partial charge in [-0.1, -0.05) is 29.3 Å². The molecule has 0 aliphatic heterocycles. The van der Waals surface area contributed by atoms with Crippen LogP contribution < -0.4 is 5.32 Å². The summed E-state index contributed by atoms with van der Waals surface area (Å²) in [7, 11) is 1.32. The van der Waals surface area contributed by atoms with Gasteiger partial charge in [-0.05, 0) is 30.0 Å². The minimum atomic E-state index is -0.331. The van der Waals surface area contributed by atoms with Crippen LogP contribution in [0.4, 0.5) is 0 Å². The Bertz CT molecular complexity index is 533. The van der Waals surface area contributed by atoms with Crippen LogP contribution in [0.25, 0.3) is 0 Å². The molecule has 1 saturated carbocycles. The highest BCUT2D eigenvalue weighted by Crippen LogP contribution is 2.48. The maximum atomic E-state index is 11.9. The number of rotatable bonds is 5. The lowest BCUT2D eigenvalue weighted by atomic mass is 10.1. The number of hydrogen-bond acceptors (Lipinski definition) is 3. The largest absolute Gasteiger partial charge is 0.469 e. The minimum Gasteiger partial charge on any atom is -0.469 e. The molecule has 0 radical (unpaired) electrons. The summed E-state index contributed by atoms with van der Waals surface area (Å²) in [5.74, 6) is -0.236. The average Bonchev–Trinajstić information content (AvgIpc) is 3.22. The monoisotopic (exact) mass is 315 g/mol. The molecule has 2 unspecified atom stereocenters. The van der Waals surface area contributed by atoms with E-state index in [0.29, 0.717) is 16.6 Å². The molecule has 1 aliphatic rings. The highest BCUT2D eigenvalue weighted by atomic mass is 35.5. The van der Waals surface area contributed by atoms with Crippen LogP contribution in [-0.2, 0) is 14.3 Å². The topological polar surface area (TPSA) is 55.4 Å². The first-order valence-corrected chi connectivity index (χ1v) is 7.08. The van der Waals surface area contributed by atoms with E-state index in [1.54, 1.807) is 12.1 Å². The fourth-order valence-electron chi connectivity index (χ4n) is 2.12. The Labute approximate surface area is 127 Å². The lowest BCUT2D eigenvalue weighted by Gasteiger charge is -2.05. The molecule has 0 saturated heterocycles. The molecule has 20 heavy (non-hydrogen) atoms. The van der Waals surface area contributed by atoms with E-state index in [9.17, 15) is 9.59 Å². The predicted molar refractivity (Wildman–Crippen MR) is 77.0 cm³/mol. The molecule has 0 bridgehead atoms. The number of carbonyl (C=O) groups excluding carboxylic acids is 2. The SMILES string of the molecule is COC(=O)CCNC(=O)C1CC1c1ccc(Cl)c(Cl)c1.